The van der Waals surface area contributed by atoms with Crippen LogP contribution in [0.15, 0.2) is 17.0 Å². The van der Waals surface area contributed by atoms with E-state index in [0.717, 1.165) is 0 Å². The van der Waals surface area contributed by atoms with E-state index in [1.54, 1.807) is 0 Å². The van der Waals surface area contributed by atoms with Crippen molar-refractivity contribution in [1.82, 2.24) is 0 Å². The van der Waals surface area contributed by atoms with E-state index < -0.39 is 43.5 Å². The number of carbonyl (C=O) groups excluding carboxylic acids is 1. The molecule has 0 saturated heterocycles. The highest BCUT2D eigenvalue weighted by molar-refractivity contribution is 7.89. The van der Waals surface area contributed by atoms with E-state index in [1.165, 1.54) is 0 Å². The van der Waals surface area contributed by atoms with Crippen LogP contribution in [0.1, 0.15) is 10.4 Å². The van der Waals surface area contributed by atoms with Crippen molar-refractivity contribution in [1.29, 1.82) is 0 Å². The first kappa shape index (κ1) is 14.9. The van der Waals surface area contributed by atoms with Crippen LogP contribution in [0.2, 0.25) is 0 Å². The number of alkyl halides is 2. The smallest absolute Gasteiger partial charge is 0.387 e. The van der Waals surface area contributed by atoms with Crippen LogP contribution >= 0.6 is 0 Å². The first-order valence-electron chi connectivity index (χ1n) is 4.42. The summed E-state index contributed by atoms with van der Waals surface area (Å²) in [7, 11) is -4.43. The van der Waals surface area contributed by atoms with Gasteiger partial charge in [0.2, 0.25) is 15.8 Å². The quantitative estimate of drug-likeness (QED) is 0.482. The van der Waals surface area contributed by atoms with E-state index in [0.29, 0.717) is 12.1 Å². The third-order valence-electron chi connectivity index (χ3n) is 1.94. The summed E-state index contributed by atoms with van der Waals surface area (Å²) in [5.74, 6) is -0.936. The Kier molecular flexibility index (Phi) is 4.11. The molecule has 11 heteroatoms. The lowest BCUT2D eigenvalue weighted by Crippen LogP contribution is -2.15. The number of nitro groups is 1. The molecule has 0 saturated carbocycles. The van der Waals surface area contributed by atoms with Gasteiger partial charge in [-0.3, -0.25) is 14.9 Å². The number of halogens is 2. The number of sulfonamides is 1. The average Bonchev–Trinajstić information content (AvgIpc) is 2.25. The average molecular weight is 296 g/mol. The van der Waals surface area contributed by atoms with Crippen LogP contribution in [0.25, 0.3) is 0 Å². The number of carbonyl (C=O) groups is 1. The lowest BCUT2D eigenvalue weighted by Gasteiger charge is -2.08. The fourth-order valence-electron chi connectivity index (χ4n) is 1.24. The third kappa shape index (κ3) is 3.42. The zero-order valence-corrected chi connectivity index (χ0v) is 9.76. The van der Waals surface area contributed by atoms with Crippen molar-refractivity contribution in [3.05, 3.63) is 27.8 Å². The van der Waals surface area contributed by atoms with Gasteiger partial charge in [0.15, 0.2) is 6.29 Å². The van der Waals surface area contributed by atoms with Crippen LogP contribution in [0.4, 0.5) is 14.5 Å². The minimum atomic E-state index is -4.43. The highest BCUT2D eigenvalue weighted by Crippen LogP contribution is 2.32. The van der Waals surface area contributed by atoms with Crippen molar-refractivity contribution < 1.29 is 31.7 Å². The topological polar surface area (TPSA) is 130 Å². The molecule has 1 aromatic rings. The van der Waals surface area contributed by atoms with Gasteiger partial charge in [0, 0.05) is 11.6 Å². The van der Waals surface area contributed by atoms with Crippen LogP contribution in [-0.4, -0.2) is 26.2 Å². The molecule has 0 bridgehead atoms. The second-order valence-corrected chi connectivity index (χ2v) is 4.69. The summed E-state index contributed by atoms with van der Waals surface area (Å²) in [5, 5.41) is 15.4. The van der Waals surface area contributed by atoms with E-state index in [4.69, 9.17) is 5.14 Å². The van der Waals surface area contributed by atoms with Gasteiger partial charge in [-0.2, -0.15) is 8.78 Å². The van der Waals surface area contributed by atoms with Gasteiger partial charge < -0.3 is 4.74 Å². The Labute approximate surface area is 105 Å². The van der Waals surface area contributed by atoms with Crippen molar-refractivity contribution >= 4 is 22.0 Å². The molecule has 0 aliphatic heterocycles. The van der Waals surface area contributed by atoms with Crippen molar-refractivity contribution in [2.75, 3.05) is 0 Å². The SMILES string of the molecule is NS(=O)(=O)c1cc([N+](=O)[O-])c(OC(F)F)cc1C=O. The largest absolute Gasteiger partial charge is 0.427 e. The summed E-state index contributed by atoms with van der Waals surface area (Å²) < 4.78 is 50.2. The maximum absolute atomic E-state index is 12.1. The monoisotopic (exact) mass is 296 g/mol. The Morgan fingerprint density at radius 2 is 2.00 bits per heavy atom. The third-order valence-corrected chi connectivity index (χ3v) is 2.90. The molecule has 0 unspecified atom stereocenters. The minimum Gasteiger partial charge on any atom is -0.427 e. The highest BCUT2D eigenvalue weighted by Gasteiger charge is 2.25. The van der Waals surface area contributed by atoms with Gasteiger partial charge in [0.1, 0.15) is 0 Å². The Morgan fingerprint density at radius 3 is 2.37 bits per heavy atom. The number of rotatable bonds is 5. The molecule has 0 spiro atoms. The maximum Gasteiger partial charge on any atom is 0.387 e. The van der Waals surface area contributed by atoms with Crippen LogP contribution in [0, 0.1) is 10.1 Å². The van der Waals surface area contributed by atoms with E-state index in [9.17, 15) is 32.1 Å². The minimum absolute atomic E-state index is 0.00178. The molecule has 0 amide bonds. The Morgan fingerprint density at radius 1 is 1.42 bits per heavy atom. The summed E-state index contributed by atoms with van der Waals surface area (Å²) in [4.78, 5) is 19.3. The fourth-order valence-corrected chi connectivity index (χ4v) is 1.95. The van der Waals surface area contributed by atoms with Crippen LogP contribution < -0.4 is 9.88 Å². The number of nitro benzene ring substituents is 1. The summed E-state index contributed by atoms with van der Waals surface area (Å²) in [5.41, 5.74) is -1.67. The van der Waals surface area contributed by atoms with Crippen LogP contribution in [0.5, 0.6) is 5.75 Å². The normalized spacial score (nSPS) is 11.4. The lowest BCUT2D eigenvalue weighted by molar-refractivity contribution is -0.386. The van der Waals surface area contributed by atoms with Gasteiger partial charge in [-0.25, -0.2) is 13.6 Å². The number of benzene rings is 1. The van der Waals surface area contributed by atoms with Crippen LogP contribution in [0.3, 0.4) is 0 Å². The summed E-state index contributed by atoms with van der Waals surface area (Å²) in [6, 6.07) is 0.897. The second kappa shape index (κ2) is 5.24. The lowest BCUT2D eigenvalue weighted by atomic mass is 10.2. The Hall–Kier alpha value is -2.14. The zero-order valence-electron chi connectivity index (χ0n) is 8.95. The molecule has 0 aliphatic rings. The first-order valence-corrected chi connectivity index (χ1v) is 5.96. The van der Waals surface area contributed by atoms with E-state index >= 15 is 0 Å². The van der Waals surface area contributed by atoms with E-state index in [-0.39, 0.29) is 6.29 Å². The van der Waals surface area contributed by atoms with Gasteiger partial charge in [0.25, 0.3) is 0 Å². The number of hydrogen-bond acceptors (Lipinski definition) is 6. The van der Waals surface area contributed by atoms with Gasteiger partial charge >= 0.3 is 12.3 Å². The summed E-state index contributed by atoms with van der Waals surface area (Å²) >= 11 is 0. The van der Waals surface area contributed by atoms with Crippen molar-refractivity contribution in [2.45, 2.75) is 11.5 Å². The van der Waals surface area contributed by atoms with Crippen molar-refractivity contribution in [2.24, 2.45) is 5.14 Å². The number of nitrogens with zero attached hydrogens (tertiary/aromatic N) is 1. The number of primary sulfonamides is 1. The predicted molar refractivity (Wildman–Crippen MR) is 56.5 cm³/mol. The Bertz CT molecular complexity index is 630. The van der Waals surface area contributed by atoms with E-state index in [1.807, 2.05) is 0 Å². The Balaban J connectivity index is 3.60. The molecule has 0 radical (unpaired) electrons. The number of ether oxygens (including phenoxy) is 1. The standard InChI is InChI=1S/C8H6F2N2O6S/c9-8(10)18-6-1-4(3-13)7(19(11,16)17)2-5(6)12(14)15/h1-3,8H,(H2,11,16,17). The fraction of sp³-hybridized carbons (Fsp3) is 0.125. The molecule has 1 rings (SSSR count). The van der Waals surface area contributed by atoms with Gasteiger partial charge in [-0.05, 0) is 6.07 Å². The first-order chi connectivity index (χ1) is 8.66. The molecule has 104 valence electrons. The molecule has 0 aliphatic carbocycles. The van der Waals surface area contributed by atoms with Gasteiger partial charge in [-0.1, -0.05) is 0 Å². The molecule has 0 heterocycles. The number of aldehydes is 1. The van der Waals surface area contributed by atoms with Crippen molar-refractivity contribution in [3.63, 3.8) is 0 Å². The molecule has 1 aromatic carbocycles. The number of nitrogens with two attached hydrogens (primary N) is 1. The molecule has 0 atom stereocenters. The summed E-state index contributed by atoms with van der Waals surface area (Å²) in [6.07, 6.45) is 0.00178. The molecule has 0 aromatic heterocycles. The molecule has 19 heavy (non-hydrogen) atoms. The number of hydrogen-bond donors (Lipinski definition) is 1. The molecule has 2 N–H and O–H groups in total. The summed E-state index contributed by atoms with van der Waals surface area (Å²) in [6.45, 7) is -3.38. The molecule has 8 nitrogen and oxygen atoms in total. The van der Waals surface area contributed by atoms with Crippen molar-refractivity contribution in [3.8, 4) is 5.75 Å². The molecular formula is C8H6F2N2O6S. The van der Waals surface area contributed by atoms with Gasteiger partial charge in [-0.15, -0.1) is 0 Å². The molecule has 0 fully saturated rings. The van der Waals surface area contributed by atoms with E-state index in [2.05, 4.69) is 4.74 Å². The predicted octanol–water partition coefficient (Wildman–Crippen LogP) is 0.656. The molecular weight excluding hydrogens is 290 g/mol. The van der Waals surface area contributed by atoms with Gasteiger partial charge in [0.05, 0.1) is 9.82 Å². The maximum atomic E-state index is 12.1. The highest BCUT2D eigenvalue weighted by atomic mass is 32.2. The zero-order chi connectivity index (χ0) is 14.8. The van der Waals surface area contributed by atoms with Crippen LogP contribution in [-0.2, 0) is 10.0 Å². The second-order valence-electron chi connectivity index (χ2n) is 3.16.